The summed E-state index contributed by atoms with van der Waals surface area (Å²) in [6, 6.07) is 3.70. The minimum atomic E-state index is -0.742. The standard InChI is InChI=1S/C10H12O3S/c1-3-13-10(12)9(11)7(2)8-5-4-6-14-8/h4-7H,3H2,1-2H3. The van der Waals surface area contributed by atoms with E-state index >= 15 is 0 Å². The summed E-state index contributed by atoms with van der Waals surface area (Å²) in [6.07, 6.45) is 0. The maximum atomic E-state index is 11.5. The van der Waals surface area contributed by atoms with Crippen LogP contribution in [0.4, 0.5) is 0 Å². The van der Waals surface area contributed by atoms with Crippen molar-refractivity contribution in [3.05, 3.63) is 22.4 Å². The van der Waals surface area contributed by atoms with Gasteiger partial charge in [0, 0.05) is 4.88 Å². The number of ketones is 1. The number of carbonyl (C=O) groups is 2. The highest BCUT2D eigenvalue weighted by atomic mass is 32.1. The van der Waals surface area contributed by atoms with Crippen molar-refractivity contribution >= 4 is 23.1 Å². The lowest BCUT2D eigenvalue weighted by Gasteiger charge is -2.06. The fourth-order valence-corrected chi connectivity index (χ4v) is 1.83. The minimum absolute atomic E-state index is 0.238. The third kappa shape index (κ3) is 2.42. The lowest BCUT2D eigenvalue weighted by molar-refractivity contribution is -0.154. The number of Topliss-reactive ketones (excluding diaryl/α,β-unsaturated/α-hetero) is 1. The third-order valence-electron chi connectivity index (χ3n) is 1.84. The molecular weight excluding hydrogens is 200 g/mol. The highest BCUT2D eigenvalue weighted by Gasteiger charge is 2.24. The number of hydrogen-bond donors (Lipinski definition) is 0. The van der Waals surface area contributed by atoms with Crippen LogP contribution in [0.1, 0.15) is 24.6 Å². The van der Waals surface area contributed by atoms with Gasteiger partial charge >= 0.3 is 5.97 Å². The monoisotopic (exact) mass is 212 g/mol. The Morgan fingerprint density at radius 2 is 2.29 bits per heavy atom. The maximum Gasteiger partial charge on any atom is 0.375 e. The second-order valence-corrected chi connectivity index (χ2v) is 3.80. The second-order valence-electron chi connectivity index (χ2n) is 2.82. The SMILES string of the molecule is CCOC(=O)C(=O)C(C)c1cccs1. The van der Waals surface area contributed by atoms with E-state index < -0.39 is 17.7 Å². The molecule has 76 valence electrons. The third-order valence-corrected chi connectivity index (χ3v) is 2.89. The summed E-state index contributed by atoms with van der Waals surface area (Å²) in [4.78, 5) is 23.5. The zero-order valence-electron chi connectivity index (χ0n) is 8.15. The first-order valence-electron chi connectivity index (χ1n) is 4.41. The van der Waals surface area contributed by atoms with Crippen LogP contribution in [0.25, 0.3) is 0 Å². The predicted octanol–water partition coefficient (Wildman–Crippen LogP) is 1.98. The van der Waals surface area contributed by atoms with E-state index in [9.17, 15) is 9.59 Å². The van der Waals surface area contributed by atoms with Crippen molar-refractivity contribution in [3.8, 4) is 0 Å². The van der Waals surface area contributed by atoms with Crippen LogP contribution in [0.5, 0.6) is 0 Å². The van der Waals surface area contributed by atoms with Gasteiger partial charge in [0.2, 0.25) is 5.78 Å². The van der Waals surface area contributed by atoms with Crippen molar-refractivity contribution in [2.45, 2.75) is 19.8 Å². The van der Waals surface area contributed by atoms with Gasteiger partial charge in [-0.3, -0.25) is 4.79 Å². The van der Waals surface area contributed by atoms with Crippen LogP contribution in [-0.4, -0.2) is 18.4 Å². The van der Waals surface area contributed by atoms with E-state index in [1.165, 1.54) is 11.3 Å². The first-order valence-corrected chi connectivity index (χ1v) is 5.29. The molecule has 1 aromatic rings. The Labute approximate surface area is 86.7 Å². The molecule has 4 heteroatoms. The van der Waals surface area contributed by atoms with Crippen molar-refractivity contribution in [3.63, 3.8) is 0 Å². The van der Waals surface area contributed by atoms with Crippen LogP contribution >= 0.6 is 11.3 Å². The molecule has 0 aromatic carbocycles. The highest BCUT2D eigenvalue weighted by molar-refractivity contribution is 7.10. The first kappa shape index (κ1) is 10.9. The summed E-state index contributed by atoms with van der Waals surface area (Å²) in [5.41, 5.74) is 0. The molecule has 14 heavy (non-hydrogen) atoms. The molecule has 1 unspecified atom stereocenters. The zero-order valence-corrected chi connectivity index (χ0v) is 8.97. The first-order chi connectivity index (χ1) is 6.66. The van der Waals surface area contributed by atoms with Gasteiger partial charge in [-0.1, -0.05) is 6.07 Å². The molecule has 0 aliphatic heterocycles. The van der Waals surface area contributed by atoms with Crippen LogP contribution in [0.15, 0.2) is 17.5 Å². The van der Waals surface area contributed by atoms with Gasteiger partial charge in [0.25, 0.3) is 0 Å². The quantitative estimate of drug-likeness (QED) is 0.566. The van der Waals surface area contributed by atoms with Gasteiger partial charge in [-0.15, -0.1) is 11.3 Å². The molecule has 0 aliphatic rings. The van der Waals surface area contributed by atoms with Gasteiger partial charge in [0.05, 0.1) is 12.5 Å². The number of carbonyl (C=O) groups excluding carboxylic acids is 2. The van der Waals surface area contributed by atoms with Crippen LogP contribution < -0.4 is 0 Å². The largest absolute Gasteiger partial charge is 0.460 e. The van der Waals surface area contributed by atoms with Crippen LogP contribution in [-0.2, 0) is 14.3 Å². The van der Waals surface area contributed by atoms with Crippen molar-refractivity contribution in [1.82, 2.24) is 0 Å². The Morgan fingerprint density at radius 3 is 2.79 bits per heavy atom. The summed E-state index contributed by atoms with van der Waals surface area (Å²) < 4.78 is 4.64. The minimum Gasteiger partial charge on any atom is -0.460 e. The molecule has 1 rings (SSSR count). The Bertz CT molecular complexity index is 316. The van der Waals surface area contributed by atoms with E-state index in [-0.39, 0.29) is 6.61 Å². The van der Waals surface area contributed by atoms with E-state index in [1.807, 2.05) is 17.5 Å². The molecular formula is C10H12O3S. The fraction of sp³-hybridized carbons (Fsp3) is 0.400. The van der Waals surface area contributed by atoms with Crippen LogP contribution in [0.3, 0.4) is 0 Å². The Morgan fingerprint density at radius 1 is 1.57 bits per heavy atom. The average molecular weight is 212 g/mol. The molecule has 0 amide bonds. The van der Waals surface area contributed by atoms with Crippen LogP contribution in [0, 0.1) is 0 Å². The molecule has 0 bridgehead atoms. The lowest BCUT2D eigenvalue weighted by atomic mass is 10.1. The van der Waals surface area contributed by atoms with Crippen molar-refractivity contribution < 1.29 is 14.3 Å². The van der Waals surface area contributed by atoms with Gasteiger partial charge in [0.1, 0.15) is 0 Å². The van der Waals surface area contributed by atoms with Gasteiger partial charge in [-0.05, 0) is 25.3 Å². The van der Waals surface area contributed by atoms with Crippen molar-refractivity contribution in [2.75, 3.05) is 6.61 Å². The average Bonchev–Trinajstić information content (AvgIpc) is 2.68. The molecule has 0 saturated carbocycles. The lowest BCUT2D eigenvalue weighted by Crippen LogP contribution is -2.22. The van der Waals surface area contributed by atoms with E-state index in [2.05, 4.69) is 4.74 Å². The molecule has 0 spiro atoms. The Kier molecular flexibility index (Phi) is 3.83. The Hall–Kier alpha value is -1.16. The van der Waals surface area contributed by atoms with E-state index in [0.717, 1.165) is 4.88 Å². The van der Waals surface area contributed by atoms with Crippen molar-refractivity contribution in [1.29, 1.82) is 0 Å². The molecule has 3 nitrogen and oxygen atoms in total. The second kappa shape index (κ2) is 4.91. The van der Waals surface area contributed by atoms with Crippen molar-refractivity contribution in [2.24, 2.45) is 0 Å². The van der Waals surface area contributed by atoms with E-state index in [0.29, 0.717) is 0 Å². The molecule has 0 fully saturated rings. The van der Waals surface area contributed by atoms with Crippen LogP contribution in [0.2, 0.25) is 0 Å². The summed E-state index contributed by atoms with van der Waals surface area (Å²) in [5, 5.41) is 1.88. The topological polar surface area (TPSA) is 43.4 Å². The molecule has 1 heterocycles. The number of ether oxygens (including phenoxy) is 1. The number of esters is 1. The summed E-state index contributed by atoms with van der Waals surface area (Å²) in [6.45, 7) is 3.63. The molecule has 0 N–H and O–H groups in total. The molecule has 0 saturated heterocycles. The van der Waals surface area contributed by atoms with E-state index in [1.54, 1.807) is 13.8 Å². The summed E-state index contributed by atoms with van der Waals surface area (Å²) in [7, 11) is 0. The molecule has 1 aromatic heterocycles. The molecule has 0 aliphatic carbocycles. The highest BCUT2D eigenvalue weighted by Crippen LogP contribution is 2.21. The Balaban J connectivity index is 2.66. The number of rotatable bonds is 4. The predicted molar refractivity (Wildman–Crippen MR) is 54.4 cm³/mol. The fourth-order valence-electron chi connectivity index (χ4n) is 1.05. The van der Waals surface area contributed by atoms with Gasteiger partial charge in [-0.25, -0.2) is 4.79 Å². The van der Waals surface area contributed by atoms with E-state index in [4.69, 9.17) is 0 Å². The zero-order chi connectivity index (χ0) is 10.6. The maximum absolute atomic E-state index is 11.5. The molecule has 0 radical (unpaired) electrons. The molecule has 1 atom stereocenters. The van der Waals surface area contributed by atoms with Gasteiger partial charge in [-0.2, -0.15) is 0 Å². The number of hydrogen-bond acceptors (Lipinski definition) is 4. The van der Waals surface area contributed by atoms with Gasteiger partial charge < -0.3 is 4.74 Å². The smallest absolute Gasteiger partial charge is 0.375 e. The summed E-state index contributed by atoms with van der Waals surface area (Å²) in [5.74, 6) is -1.61. The number of thiophene rings is 1. The van der Waals surface area contributed by atoms with Gasteiger partial charge in [0.15, 0.2) is 0 Å². The normalized spacial score (nSPS) is 12.1. The summed E-state index contributed by atoms with van der Waals surface area (Å²) >= 11 is 1.47.